The number of aryl methyl sites for hydroxylation is 1. The minimum Gasteiger partial charge on any atom is -0.466 e. The Hall–Kier alpha value is -3.39. The highest BCUT2D eigenvalue weighted by atomic mass is 32.2. The van der Waals surface area contributed by atoms with Crippen LogP contribution in [0.5, 0.6) is 0 Å². The Morgan fingerprint density at radius 2 is 1.97 bits per heavy atom. The van der Waals surface area contributed by atoms with E-state index >= 15 is 0 Å². The fourth-order valence-corrected chi connectivity index (χ4v) is 6.06. The first kappa shape index (κ1) is 22.4. The van der Waals surface area contributed by atoms with Crippen LogP contribution >= 0.6 is 0 Å². The van der Waals surface area contributed by atoms with Gasteiger partial charge in [0.05, 0.1) is 34.3 Å². The van der Waals surface area contributed by atoms with E-state index in [-0.39, 0.29) is 11.9 Å². The van der Waals surface area contributed by atoms with E-state index < -0.39 is 11.0 Å². The number of carbonyl (C=O) groups is 1. The van der Waals surface area contributed by atoms with E-state index in [1.807, 2.05) is 69.4 Å². The molecule has 34 heavy (non-hydrogen) atoms. The third kappa shape index (κ3) is 3.81. The average molecular weight is 477 g/mol. The monoisotopic (exact) mass is 476 g/mol. The van der Waals surface area contributed by atoms with Crippen molar-refractivity contribution in [1.82, 2.24) is 9.55 Å². The van der Waals surface area contributed by atoms with Crippen molar-refractivity contribution < 1.29 is 13.7 Å². The lowest BCUT2D eigenvalue weighted by Gasteiger charge is -2.21. The highest BCUT2D eigenvalue weighted by molar-refractivity contribution is 7.86. The molecule has 1 N–H and O–H groups in total. The molecule has 0 radical (unpaired) electrons. The Kier molecular flexibility index (Phi) is 6.00. The van der Waals surface area contributed by atoms with Crippen LogP contribution in [0.25, 0.3) is 21.8 Å². The van der Waals surface area contributed by atoms with E-state index in [9.17, 15) is 9.00 Å². The number of carbonyl (C=O) groups excluding carboxylic acids is 1. The number of ether oxygens (including phenoxy) is 1. The molecular formula is C26H28N4O3S. The fraction of sp³-hybridized carbons (Fsp3) is 0.308. The van der Waals surface area contributed by atoms with Crippen LogP contribution in [0.1, 0.15) is 19.0 Å². The molecule has 1 unspecified atom stereocenters. The third-order valence-corrected chi connectivity index (χ3v) is 7.92. The van der Waals surface area contributed by atoms with Gasteiger partial charge in [0.2, 0.25) is 0 Å². The van der Waals surface area contributed by atoms with Crippen LogP contribution in [-0.2, 0) is 27.6 Å². The molecule has 2 aromatic carbocycles. The van der Waals surface area contributed by atoms with Crippen LogP contribution in [0.4, 0.5) is 11.4 Å². The fourth-order valence-electron chi connectivity index (χ4n) is 4.80. The summed E-state index contributed by atoms with van der Waals surface area (Å²) in [5.74, 6) is -0.264. The zero-order valence-electron chi connectivity index (χ0n) is 19.6. The minimum atomic E-state index is -1.45. The number of para-hydroxylation sites is 1. The van der Waals surface area contributed by atoms with Crippen molar-refractivity contribution in [3.8, 4) is 0 Å². The summed E-state index contributed by atoms with van der Waals surface area (Å²) in [5, 5.41) is 1.88. The zero-order valence-corrected chi connectivity index (χ0v) is 20.4. The Bertz CT molecular complexity index is 1410. The number of hydrogen-bond donors (Lipinski definition) is 1. The zero-order chi connectivity index (χ0) is 23.8. The Morgan fingerprint density at radius 1 is 1.18 bits per heavy atom. The molecule has 2 atom stereocenters. The predicted molar refractivity (Wildman–Crippen MR) is 136 cm³/mol. The lowest BCUT2D eigenvalue weighted by Crippen LogP contribution is -2.24. The lowest BCUT2D eigenvalue weighted by atomic mass is 10.1. The molecular weight excluding hydrogens is 448 g/mol. The van der Waals surface area contributed by atoms with Gasteiger partial charge in [-0.3, -0.25) is 9.78 Å². The molecule has 5 rings (SSSR count). The van der Waals surface area contributed by atoms with Gasteiger partial charge in [-0.2, -0.15) is 0 Å². The molecule has 4 aromatic rings. The summed E-state index contributed by atoms with van der Waals surface area (Å²) in [6.45, 7) is 5.59. The van der Waals surface area contributed by atoms with Gasteiger partial charge in [0.1, 0.15) is 0 Å². The lowest BCUT2D eigenvalue weighted by molar-refractivity contribution is -0.147. The summed E-state index contributed by atoms with van der Waals surface area (Å²) in [6, 6.07) is 15.8. The van der Waals surface area contributed by atoms with Gasteiger partial charge >= 0.3 is 5.97 Å². The molecule has 1 aliphatic rings. The van der Waals surface area contributed by atoms with E-state index in [1.54, 1.807) is 6.20 Å². The van der Waals surface area contributed by atoms with Crippen molar-refractivity contribution in [3.63, 3.8) is 0 Å². The highest BCUT2D eigenvalue weighted by Gasteiger charge is 2.30. The van der Waals surface area contributed by atoms with E-state index in [4.69, 9.17) is 4.74 Å². The number of pyridine rings is 1. The number of rotatable bonds is 6. The maximum atomic E-state index is 13.5. The van der Waals surface area contributed by atoms with Crippen LogP contribution in [-0.4, -0.2) is 39.4 Å². The minimum absolute atomic E-state index is 0.127. The Balaban J connectivity index is 1.47. The standard InChI is InChI=1S/C26H28N4O3S/c1-4-33-26(31)18-13-15-30(16-18)23-12-11-21(19-9-7-14-27-24(19)23)28-34(32)25-17(2)29(3)22-10-6-5-8-20(22)25/h5-12,14,18,28H,4,13,15-16H2,1-3H3/t18-,34?/m1/s1. The largest absolute Gasteiger partial charge is 0.466 e. The molecule has 0 amide bonds. The Morgan fingerprint density at radius 3 is 2.79 bits per heavy atom. The van der Waals surface area contributed by atoms with Gasteiger partial charge in [-0.15, -0.1) is 0 Å². The molecule has 0 bridgehead atoms. The quantitative estimate of drug-likeness (QED) is 0.413. The second-order valence-electron chi connectivity index (χ2n) is 8.58. The molecule has 0 spiro atoms. The first-order valence-electron chi connectivity index (χ1n) is 11.5. The number of nitrogens with one attached hydrogen (secondary N) is 1. The van der Waals surface area contributed by atoms with Crippen molar-refractivity contribution in [2.24, 2.45) is 13.0 Å². The number of fused-ring (bicyclic) bond motifs is 2. The third-order valence-electron chi connectivity index (χ3n) is 6.63. The maximum Gasteiger partial charge on any atom is 0.310 e. The van der Waals surface area contributed by atoms with Crippen LogP contribution in [0, 0.1) is 12.8 Å². The topological polar surface area (TPSA) is 76.5 Å². The van der Waals surface area contributed by atoms with Gasteiger partial charge in [0.15, 0.2) is 11.0 Å². The van der Waals surface area contributed by atoms with Crippen molar-refractivity contribution >= 4 is 50.1 Å². The summed E-state index contributed by atoms with van der Waals surface area (Å²) in [5.41, 5.74) is 4.58. The summed E-state index contributed by atoms with van der Waals surface area (Å²) in [7, 11) is 0.540. The van der Waals surface area contributed by atoms with Crippen LogP contribution in [0.3, 0.4) is 0 Å². The van der Waals surface area contributed by atoms with E-state index in [1.165, 1.54) is 0 Å². The summed E-state index contributed by atoms with van der Waals surface area (Å²) < 4.78 is 24.1. The second-order valence-corrected chi connectivity index (χ2v) is 9.73. The second kappa shape index (κ2) is 9.10. The predicted octanol–water partition coefficient (Wildman–Crippen LogP) is 4.56. The highest BCUT2D eigenvalue weighted by Crippen LogP contribution is 2.35. The smallest absolute Gasteiger partial charge is 0.310 e. The van der Waals surface area contributed by atoms with Crippen LogP contribution in [0.15, 0.2) is 59.6 Å². The number of hydrogen-bond acceptors (Lipinski definition) is 5. The van der Waals surface area contributed by atoms with Crippen LogP contribution < -0.4 is 9.62 Å². The van der Waals surface area contributed by atoms with E-state index in [0.29, 0.717) is 13.2 Å². The molecule has 0 saturated carbocycles. The summed E-state index contributed by atoms with van der Waals surface area (Å²) in [4.78, 5) is 19.8. The number of aromatic nitrogens is 2. The molecule has 1 fully saturated rings. The van der Waals surface area contributed by atoms with Crippen molar-refractivity contribution in [2.45, 2.75) is 25.2 Å². The molecule has 3 heterocycles. The summed E-state index contributed by atoms with van der Waals surface area (Å²) >= 11 is 0. The number of nitrogens with zero attached hydrogens (tertiary/aromatic N) is 3. The number of esters is 1. The normalized spacial score (nSPS) is 16.8. The molecule has 8 heteroatoms. The summed E-state index contributed by atoms with van der Waals surface area (Å²) in [6.07, 6.45) is 2.53. The van der Waals surface area contributed by atoms with Gasteiger partial charge in [0.25, 0.3) is 0 Å². The molecule has 2 aromatic heterocycles. The van der Waals surface area contributed by atoms with Crippen molar-refractivity contribution in [2.75, 3.05) is 29.3 Å². The molecule has 1 aliphatic heterocycles. The van der Waals surface area contributed by atoms with Crippen LogP contribution in [0.2, 0.25) is 0 Å². The van der Waals surface area contributed by atoms with Gasteiger partial charge in [-0.05, 0) is 50.6 Å². The van der Waals surface area contributed by atoms with Crippen molar-refractivity contribution in [1.29, 1.82) is 0 Å². The number of benzene rings is 2. The Labute approximate surface area is 201 Å². The SMILES string of the molecule is CCOC(=O)[C@@H]1CCN(c2ccc(NS(=O)c3c(C)n(C)c4ccccc34)c3cccnc23)C1. The van der Waals surface area contributed by atoms with Gasteiger partial charge in [0, 0.05) is 48.3 Å². The molecule has 1 saturated heterocycles. The molecule has 0 aliphatic carbocycles. The first-order valence-corrected chi connectivity index (χ1v) is 12.7. The molecule has 176 valence electrons. The van der Waals surface area contributed by atoms with E-state index in [2.05, 4.69) is 19.2 Å². The average Bonchev–Trinajstić information content (AvgIpc) is 3.43. The number of anilines is 2. The van der Waals surface area contributed by atoms with Gasteiger partial charge in [-0.25, -0.2) is 4.21 Å². The first-order chi connectivity index (χ1) is 16.5. The maximum absolute atomic E-state index is 13.5. The molecule has 7 nitrogen and oxygen atoms in total. The van der Waals surface area contributed by atoms with Crippen molar-refractivity contribution in [3.05, 3.63) is 60.4 Å². The van der Waals surface area contributed by atoms with E-state index in [0.717, 1.165) is 56.7 Å². The van der Waals surface area contributed by atoms with Gasteiger partial charge in [-0.1, -0.05) is 18.2 Å². The van der Waals surface area contributed by atoms with Gasteiger partial charge < -0.3 is 18.9 Å².